The van der Waals surface area contributed by atoms with Crippen LogP contribution in [-0.4, -0.2) is 28.8 Å². The van der Waals surface area contributed by atoms with Crippen molar-refractivity contribution in [2.24, 2.45) is 0 Å². The molecular weight excluding hydrogens is 466 g/mol. The van der Waals surface area contributed by atoms with Gasteiger partial charge in [0.2, 0.25) is 11.8 Å². The molecule has 1 fully saturated rings. The van der Waals surface area contributed by atoms with Crippen molar-refractivity contribution in [3.8, 4) is 0 Å². The summed E-state index contributed by atoms with van der Waals surface area (Å²) < 4.78 is 0. The minimum absolute atomic E-state index is 0.0135. The van der Waals surface area contributed by atoms with Crippen LogP contribution in [0, 0.1) is 10.1 Å². The fourth-order valence-electron chi connectivity index (χ4n) is 4.97. The van der Waals surface area contributed by atoms with E-state index in [-0.39, 0.29) is 30.0 Å². The molecule has 37 heavy (non-hydrogen) atoms. The Hall–Kier alpha value is -4.00. The highest BCUT2D eigenvalue weighted by Crippen LogP contribution is 2.25. The first-order valence-electron chi connectivity index (χ1n) is 13.0. The summed E-state index contributed by atoms with van der Waals surface area (Å²) in [6, 6.07) is 24.4. The van der Waals surface area contributed by atoms with Crippen LogP contribution in [0.1, 0.15) is 61.1 Å². The Labute approximate surface area is 217 Å². The molecule has 3 aromatic rings. The monoisotopic (exact) mass is 499 g/mol. The topological polar surface area (TPSA) is 101 Å². The predicted octanol–water partition coefficient (Wildman–Crippen LogP) is 5.29. The maximum absolute atomic E-state index is 13.8. The maximum Gasteiger partial charge on any atom is 0.269 e. The average molecular weight is 500 g/mol. The first-order valence-corrected chi connectivity index (χ1v) is 13.0. The maximum atomic E-state index is 13.8. The van der Waals surface area contributed by atoms with Gasteiger partial charge in [0.1, 0.15) is 6.04 Å². The second kappa shape index (κ2) is 12.8. The number of benzene rings is 3. The summed E-state index contributed by atoms with van der Waals surface area (Å²) in [5.74, 6) is -1.06. The molecule has 0 spiro atoms. The summed E-state index contributed by atoms with van der Waals surface area (Å²) in [6.45, 7) is 0. The Kier molecular flexibility index (Phi) is 9.03. The third kappa shape index (κ3) is 7.26. The standard InChI is InChI=1S/C30H33N3O4/c34-29(31-25-15-9-1-2-10-16-25)27(21-22-17-19-26(20-18-22)33(36)37)32-30(35)28(23-11-5-3-6-12-23)24-13-7-4-8-14-24/h3-8,11-14,17-20,25,27-28H,1-2,9-10,15-16,21H2,(H,31,34)(H,32,35)/t27-/m0/s1. The van der Waals surface area contributed by atoms with Crippen molar-refractivity contribution in [3.63, 3.8) is 0 Å². The Morgan fingerprint density at radius 3 is 1.84 bits per heavy atom. The van der Waals surface area contributed by atoms with Crippen LogP contribution in [0.5, 0.6) is 0 Å². The molecule has 192 valence electrons. The van der Waals surface area contributed by atoms with E-state index in [0.29, 0.717) is 0 Å². The zero-order chi connectivity index (χ0) is 26.0. The van der Waals surface area contributed by atoms with Gasteiger partial charge in [0.05, 0.1) is 10.8 Å². The molecule has 7 nitrogen and oxygen atoms in total. The van der Waals surface area contributed by atoms with Crippen molar-refractivity contribution in [3.05, 3.63) is 112 Å². The molecule has 1 atom stereocenters. The highest BCUT2D eigenvalue weighted by atomic mass is 16.6. The van der Waals surface area contributed by atoms with Gasteiger partial charge >= 0.3 is 0 Å². The normalized spacial score (nSPS) is 14.9. The van der Waals surface area contributed by atoms with Crippen molar-refractivity contribution in [1.82, 2.24) is 10.6 Å². The van der Waals surface area contributed by atoms with E-state index < -0.39 is 16.9 Å². The lowest BCUT2D eigenvalue weighted by Crippen LogP contribution is -2.51. The number of carbonyl (C=O) groups excluding carboxylic acids is 2. The third-order valence-corrected chi connectivity index (χ3v) is 6.95. The van der Waals surface area contributed by atoms with E-state index in [2.05, 4.69) is 10.6 Å². The summed E-state index contributed by atoms with van der Waals surface area (Å²) in [5.41, 5.74) is 2.40. The van der Waals surface area contributed by atoms with E-state index in [1.54, 1.807) is 12.1 Å². The van der Waals surface area contributed by atoms with Gasteiger partial charge in [-0.1, -0.05) is 98.5 Å². The quantitative estimate of drug-likeness (QED) is 0.237. The summed E-state index contributed by atoms with van der Waals surface area (Å²) in [7, 11) is 0. The number of rotatable bonds is 9. The second-order valence-corrected chi connectivity index (χ2v) is 9.64. The van der Waals surface area contributed by atoms with Crippen molar-refractivity contribution in [2.75, 3.05) is 0 Å². The lowest BCUT2D eigenvalue weighted by Gasteiger charge is -2.25. The predicted molar refractivity (Wildman–Crippen MR) is 143 cm³/mol. The van der Waals surface area contributed by atoms with Crippen LogP contribution in [0.3, 0.4) is 0 Å². The van der Waals surface area contributed by atoms with E-state index in [1.165, 1.54) is 25.0 Å². The van der Waals surface area contributed by atoms with Gasteiger partial charge in [0.15, 0.2) is 0 Å². The molecule has 0 unspecified atom stereocenters. The number of hydrogen-bond acceptors (Lipinski definition) is 4. The van der Waals surface area contributed by atoms with Crippen LogP contribution in [0.15, 0.2) is 84.9 Å². The summed E-state index contributed by atoms with van der Waals surface area (Å²) >= 11 is 0. The molecule has 1 aliphatic carbocycles. The van der Waals surface area contributed by atoms with Gasteiger partial charge in [0.25, 0.3) is 5.69 Å². The second-order valence-electron chi connectivity index (χ2n) is 9.64. The average Bonchev–Trinajstić information content (AvgIpc) is 3.18. The van der Waals surface area contributed by atoms with Crippen LogP contribution in [0.4, 0.5) is 5.69 Å². The molecule has 0 saturated heterocycles. The molecule has 7 heteroatoms. The fraction of sp³-hybridized carbons (Fsp3) is 0.333. The number of carbonyl (C=O) groups is 2. The van der Waals surface area contributed by atoms with Crippen LogP contribution in [-0.2, 0) is 16.0 Å². The number of nitro groups is 1. The first-order chi connectivity index (χ1) is 18.0. The molecule has 0 heterocycles. The Morgan fingerprint density at radius 1 is 0.784 bits per heavy atom. The van der Waals surface area contributed by atoms with Crippen molar-refractivity contribution in [1.29, 1.82) is 0 Å². The van der Waals surface area contributed by atoms with E-state index in [0.717, 1.165) is 42.4 Å². The Bertz CT molecular complexity index is 1130. The van der Waals surface area contributed by atoms with Crippen LogP contribution in [0.25, 0.3) is 0 Å². The first kappa shape index (κ1) is 26.1. The van der Waals surface area contributed by atoms with Crippen LogP contribution < -0.4 is 10.6 Å². The molecule has 2 N–H and O–H groups in total. The Balaban J connectivity index is 1.58. The highest BCUT2D eigenvalue weighted by molar-refractivity contribution is 5.92. The lowest BCUT2D eigenvalue weighted by atomic mass is 9.90. The van der Waals surface area contributed by atoms with E-state index in [9.17, 15) is 19.7 Å². The summed E-state index contributed by atoms with van der Waals surface area (Å²) in [4.78, 5) is 37.9. The molecule has 1 saturated carbocycles. The number of amides is 2. The minimum Gasteiger partial charge on any atom is -0.352 e. The van der Waals surface area contributed by atoms with Gasteiger partial charge in [-0.05, 0) is 29.5 Å². The molecule has 3 aromatic carbocycles. The van der Waals surface area contributed by atoms with Gasteiger partial charge in [0, 0.05) is 24.6 Å². The molecule has 4 rings (SSSR count). The van der Waals surface area contributed by atoms with Crippen molar-refractivity contribution in [2.45, 2.75) is 62.9 Å². The van der Waals surface area contributed by atoms with Gasteiger partial charge < -0.3 is 10.6 Å². The Morgan fingerprint density at radius 2 is 1.32 bits per heavy atom. The molecule has 0 bridgehead atoms. The SMILES string of the molecule is O=C(N[C@@H](Cc1ccc([N+](=O)[O-])cc1)C(=O)NC1CCCCCC1)C(c1ccccc1)c1ccccc1. The molecular formula is C30H33N3O4. The summed E-state index contributed by atoms with van der Waals surface area (Å²) in [5, 5.41) is 17.3. The highest BCUT2D eigenvalue weighted by Gasteiger charge is 2.29. The number of nitrogens with one attached hydrogen (secondary N) is 2. The number of nitrogens with zero attached hydrogens (tertiary/aromatic N) is 1. The van der Waals surface area contributed by atoms with Crippen molar-refractivity contribution >= 4 is 17.5 Å². The zero-order valence-electron chi connectivity index (χ0n) is 20.8. The van der Waals surface area contributed by atoms with E-state index in [4.69, 9.17) is 0 Å². The van der Waals surface area contributed by atoms with Gasteiger partial charge in [-0.2, -0.15) is 0 Å². The molecule has 1 aliphatic rings. The van der Waals surface area contributed by atoms with E-state index in [1.807, 2.05) is 60.7 Å². The molecule has 2 amide bonds. The molecule has 0 radical (unpaired) electrons. The number of nitro benzene ring substituents is 1. The smallest absolute Gasteiger partial charge is 0.269 e. The molecule has 0 aromatic heterocycles. The van der Waals surface area contributed by atoms with Gasteiger partial charge in [-0.25, -0.2) is 0 Å². The largest absolute Gasteiger partial charge is 0.352 e. The van der Waals surface area contributed by atoms with Crippen LogP contribution >= 0.6 is 0 Å². The number of non-ortho nitro benzene ring substituents is 1. The van der Waals surface area contributed by atoms with Crippen molar-refractivity contribution < 1.29 is 14.5 Å². The van der Waals surface area contributed by atoms with Gasteiger partial charge in [-0.3, -0.25) is 19.7 Å². The van der Waals surface area contributed by atoms with Crippen LogP contribution in [0.2, 0.25) is 0 Å². The third-order valence-electron chi connectivity index (χ3n) is 6.95. The molecule has 0 aliphatic heterocycles. The van der Waals surface area contributed by atoms with E-state index >= 15 is 0 Å². The number of hydrogen-bond donors (Lipinski definition) is 2. The van der Waals surface area contributed by atoms with Gasteiger partial charge in [-0.15, -0.1) is 0 Å². The zero-order valence-corrected chi connectivity index (χ0v) is 20.8. The summed E-state index contributed by atoms with van der Waals surface area (Å²) in [6.07, 6.45) is 6.60. The minimum atomic E-state index is -0.813. The fourth-order valence-corrected chi connectivity index (χ4v) is 4.97. The lowest BCUT2D eigenvalue weighted by molar-refractivity contribution is -0.384.